The van der Waals surface area contributed by atoms with Gasteiger partial charge in [0, 0.05) is 24.3 Å². The minimum absolute atomic E-state index is 0.309. The second-order valence-corrected chi connectivity index (χ2v) is 13.3. The van der Waals surface area contributed by atoms with Crippen molar-refractivity contribution in [2.45, 2.75) is 45.7 Å². The summed E-state index contributed by atoms with van der Waals surface area (Å²) in [5, 5.41) is 14.7. The van der Waals surface area contributed by atoms with Gasteiger partial charge in [0.05, 0.1) is 6.61 Å². The van der Waals surface area contributed by atoms with Gasteiger partial charge in [-0.1, -0.05) is 153 Å². The number of esters is 1. The highest BCUT2D eigenvalue weighted by molar-refractivity contribution is 5.95. The highest BCUT2D eigenvalue weighted by atomic mass is 16.5. The minimum atomic E-state index is -0.867. The second-order valence-electron chi connectivity index (χ2n) is 13.3. The van der Waals surface area contributed by atoms with Gasteiger partial charge in [-0.3, -0.25) is 0 Å². The Bertz CT molecular complexity index is 2190. The molecule has 0 spiro atoms. The van der Waals surface area contributed by atoms with Crippen molar-refractivity contribution in [1.29, 1.82) is 0 Å². The lowest BCUT2D eigenvalue weighted by molar-refractivity contribution is 0.0526. The monoisotopic (exact) mass is 712 g/mol. The third-order valence-electron chi connectivity index (χ3n) is 9.69. The first-order chi connectivity index (χ1) is 26.5. The Balaban J connectivity index is 1.25. The van der Waals surface area contributed by atoms with Gasteiger partial charge in [0.25, 0.3) is 0 Å². The van der Waals surface area contributed by atoms with Crippen molar-refractivity contribution in [2.75, 3.05) is 18.1 Å². The number of tetrazole rings is 1. The highest BCUT2D eigenvalue weighted by Gasteiger charge is 2.41. The molecule has 0 aliphatic heterocycles. The quantitative estimate of drug-likeness (QED) is 0.0820. The number of nitrogens with zero attached hydrogens (tertiary/aromatic N) is 6. The topological polar surface area (TPSA) is 86.0 Å². The number of ether oxygens (including phenoxy) is 1. The zero-order valence-corrected chi connectivity index (χ0v) is 31.0. The largest absolute Gasteiger partial charge is 0.462 e. The summed E-state index contributed by atoms with van der Waals surface area (Å²) in [5.41, 5.74) is 7.57. The standard InChI is InChI=1S/C46H44N6O2/c1-4-6-32-51(44-42(45(53)54-5-2)31-26-34(3)47-44)33-35-27-29-36(30-28-35)40-24-16-17-25-41(40)43-48-50-52(49-43)46(37-18-10-7-11-19-37,38-20-12-8-13-21-38)39-22-14-9-15-23-39/h7-31H,4-6,32-33H2,1-3H3. The fourth-order valence-electron chi connectivity index (χ4n) is 7.05. The molecule has 2 heterocycles. The van der Waals surface area contributed by atoms with Gasteiger partial charge in [-0.25, -0.2) is 9.78 Å². The van der Waals surface area contributed by atoms with E-state index in [1.165, 1.54) is 0 Å². The fourth-order valence-corrected chi connectivity index (χ4v) is 7.05. The molecule has 2 aromatic heterocycles. The Morgan fingerprint density at radius 3 is 1.85 bits per heavy atom. The number of anilines is 1. The summed E-state index contributed by atoms with van der Waals surface area (Å²) < 4.78 is 5.39. The molecule has 0 atom stereocenters. The first-order valence-electron chi connectivity index (χ1n) is 18.6. The average Bonchev–Trinajstić information content (AvgIpc) is 3.72. The van der Waals surface area contributed by atoms with Crippen LogP contribution in [0.25, 0.3) is 22.5 Å². The lowest BCUT2D eigenvalue weighted by Gasteiger charge is -2.34. The minimum Gasteiger partial charge on any atom is -0.462 e. The van der Waals surface area contributed by atoms with Gasteiger partial charge in [-0.05, 0) is 71.0 Å². The van der Waals surface area contributed by atoms with Crippen LogP contribution in [0.2, 0.25) is 0 Å². The molecule has 7 aromatic rings. The summed E-state index contributed by atoms with van der Waals surface area (Å²) in [6, 6.07) is 51.5. The molecule has 0 unspecified atom stereocenters. The van der Waals surface area contributed by atoms with E-state index in [2.05, 4.69) is 78.6 Å². The molecule has 5 aromatic carbocycles. The van der Waals surface area contributed by atoms with Gasteiger partial charge < -0.3 is 9.64 Å². The Morgan fingerprint density at radius 1 is 0.704 bits per heavy atom. The summed E-state index contributed by atoms with van der Waals surface area (Å²) in [6.45, 7) is 7.60. The molecule has 0 amide bonds. The third-order valence-corrected chi connectivity index (χ3v) is 9.69. The number of hydrogen-bond acceptors (Lipinski definition) is 7. The number of carbonyl (C=O) groups excluding carboxylic acids is 1. The number of pyridine rings is 1. The molecular formula is C46H44N6O2. The number of rotatable bonds is 14. The van der Waals surface area contributed by atoms with Crippen molar-refractivity contribution in [3.05, 3.63) is 185 Å². The van der Waals surface area contributed by atoms with Crippen molar-refractivity contribution in [3.63, 3.8) is 0 Å². The van der Waals surface area contributed by atoms with Gasteiger partial charge >= 0.3 is 5.97 Å². The van der Waals surface area contributed by atoms with E-state index in [0.717, 1.165) is 64.0 Å². The van der Waals surface area contributed by atoms with Crippen LogP contribution in [0.5, 0.6) is 0 Å². The first-order valence-corrected chi connectivity index (χ1v) is 18.6. The van der Waals surface area contributed by atoms with Gasteiger partial charge in [-0.2, -0.15) is 0 Å². The van der Waals surface area contributed by atoms with E-state index >= 15 is 0 Å². The molecule has 0 radical (unpaired) electrons. The van der Waals surface area contributed by atoms with Crippen molar-refractivity contribution < 1.29 is 9.53 Å². The fraction of sp³-hybridized carbons (Fsp3) is 0.196. The summed E-state index contributed by atoms with van der Waals surface area (Å²) in [7, 11) is 0. The summed E-state index contributed by atoms with van der Waals surface area (Å²) >= 11 is 0. The average molecular weight is 713 g/mol. The van der Waals surface area contributed by atoms with E-state index in [1.807, 2.05) is 98.8 Å². The molecule has 0 fully saturated rings. The number of aromatic nitrogens is 5. The van der Waals surface area contributed by atoms with Crippen molar-refractivity contribution in [3.8, 4) is 22.5 Å². The molecule has 54 heavy (non-hydrogen) atoms. The smallest absolute Gasteiger partial charge is 0.341 e. The molecular weight excluding hydrogens is 669 g/mol. The molecule has 0 saturated carbocycles. The Kier molecular flexibility index (Phi) is 11.0. The summed E-state index contributed by atoms with van der Waals surface area (Å²) in [4.78, 5) is 21.7. The lowest BCUT2D eigenvalue weighted by atomic mass is 9.77. The van der Waals surface area contributed by atoms with Crippen LogP contribution < -0.4 is 4.90 Å². The molecule has 0 aliphatic rings. The molecule has 7 rings (SSSR count). The van der Waals surface area contributed by atoms with Crippen LogP contribution in [0.1, 0.15) is 65.0 Å². The predicted molar refractivity (Wildman–Crippen MR) is 214 cm³/mol. The predicted octanol–water partition coefficient (Wildman–Crippen LogP) is 9.53. The van der Waals surface area contributed by atoms with Crippen LogP contribution in [-0.4, -0.2) is 44.3 Å². The summed E-state index contributed by atoms with van der Waals surface area (Å²) in [6.07, 6.45) is 1.99. The Hall–Kier alpha value is -6.41. The van der Waals surface area contributed by atoms with E-state index in [0.29, 0.717) is 30.4 Å². The van der Waals surface area contributed by atoms with Gasteiger partial charge in [0.15, 0.2) is 5.54 Å². The third kappa shape index (κ3) is 7.28. The highest BCUT2D eigenvalue weighted by Crippen LogP contribution is 2.40. The molecule has 0 saturated heterocycles. The van der Waals surface area contributed by atoms with E-state index in [9.17, 15) is 4.79 Å². The zero-order valence-electron chi connectivity index (χ0n) is 31.0. The number of benzene rings is 5. The van der Waals surface area contributed by atoms with E-state index < -0.39 is 5.54 Å². The number of aryl methyl sites for hydroxylation is 1. The molecule has 8 heteroatoms. The molecule has 270 valence electrons. The molecule has 8 nitrogen and oxygen atoms in total. The lowest BCUT2D eigenvalue weighted by Crippen LogP contribution is -2.39. The van der Waals surface area contributed by atoms with E-state index in [4.69, 9.17) is 25.1 Å². The van der Waals surface area contributed by atoms with Crippen molar-refractivity contribution >= 4 is 11.8 Å². The zero-order chi connectivity index (χ0) is 37.3. The second kappa shape index (κ2) is 16.5. The van der Waals surface area contributed by atoms with Crippen LogP contribution in [-0.2, 0) is 16.8 Å². The molecule has 0 N–H and O–H groups in total. The maximum absolute atomic E-state index is 12.9. The van der Waals surface area contributed by atoms with Crippen LogP contribution in [0.4, 0.5) is 5.82 Å². The normalized spacial score (nSPS) is 11.3. The van der Waals surface area contributed by atoms with Crippen molar-refractivity contribution in [1.82, 2.24) is 25.2 Å². The van der Waals surface area contributed by atoms with E-state index in [1.54, 1.807) is 4.80 Å². The van der Waals surface area contributed by atoms with Gasteiger partial charge in [0.1, 0.15) is 11.4 Å². The maximum Gasteiger partial charge on any atom is 0.341 e. The number of hydrogen-bond donors (Lipinski definition) is 0. The van der Waals surface area contributed by atoms with Crippen LogP contribution in [0.3, 0.4) is 0 Å². The van der Waals surface area contributed by atoms with Gasteiger partial charge in [-0.15, -0.1) is 15.0 Å². The van der Waals surface area contributed by atoms with Crippen LogP contribution in [0.15, 0.2) is 152 Å². The molecule has 0 bridgehead atoms. The van der Waals surface area contributed by atoms with Crippen LogP contribution in [0, 0.1) is 6.92 Å². The maximum atomic E-state index is 12.9. The Labute approximate surface area is 317 Å². The van der Waals surface area contributed by atoms with Crippen LogP contribution >= 0.6 is 0 Å². The number of carbonyl (C=O) groups is 1. The van der Waals surface area contributed by atoms with Gasteiger partial charge in [0.2, 0.25) is 5.82 Å². The molecule has 0 aliphatic carbocycles. The number of unbranched alkanes of at least 4 members (excludes halogenated alkanes) is 1. The summed E-state index contributed by atoms with van der Waals surface area (Å²) in [5.74, 6) is 0.834. The van der Waals surface area contributed by atoms with E-state index in [-0.39, 0.29) is 5.97 Å². The SMILES string of the molecule is CCCCN(Cc1ccc(-c2ccccc2-c2nnn(C(c3ccccc3)(c3ccccc3)c3ccccc3)n2)cc1)c1nc(C)ccc1C(=O)OCC. The Morgan fingerprint density at radius 2 is 1.28 bits per heavy atom. The van der Waals surface area contributed by atoms with Crippen molar-refractivity contribution in [2.24, 2.45) is 0 Å². The first kappa shape index (κ1) is 36.0.